The number of aliphatic hydroxyl groups excluding tert-OH is 1. The molecule has 0 spiro atoms. The van der Waals surface area contributed by atoms with Gasteiger partial charge < -0.3 is 20.1 Å². The van der Waals surface area contributed by atoms with Gasteiger partial charge in [-0.05, 0) is 37.6 Å². The molecule has 0 saturated heterocycles. The van der Waals surface area contributed by atoms with Gasteiger partial charge in [0.25, 0.3) is 0 Å². The van der Waals surface area contributed by atoms with Gasteiger partial charge in [-0.15, -0.1) is 0 Å². The maximum absolute atomic E-state index is 12.1. The van der Waals surface area contributed by atoms with E-state index in [0.29, 0.717) is 17.8 Å². The summed E-state index contributed by atoms with van der Waals surface area (Å²) in [6.07, 6.45) is -4.40. The Morgan fingerprint density at radius 1 is 1.41 bits per heavy atom. The average Bonchev–Trinajstić information content (AvgIpc) is 2.42. The lowest BCUT2D eigenvalue weighted by molar-refractivity contribution is -0.153. The monoisotopic (exact) mass is 320 g/mol. The molecule has 0 radical (unpaired) electrons. The van der Waals surface area contributed by atoms with Gasteiger partial charge in [0.2, 0.25) is 0 Å². The Morgan fingerprint density at radius 2 is 2.09 bits per heavy atom. The first kappa shape index (κ1) is 18.1. The molecule has 0 atom stereocenters. The van der Waals surface area contributed by atoms with Crippen molar-refractivity contribution in [1.29, 1.82) is 0 Å². The van der Waals surface area contributed by atoms with Crippen LogP contribution in [0, 0.1) is 6.92 Å². The molecule has 5 nitrogen and oxygen atoms in total. The SMILES string of the molecule is CCN(CCO)C(=O)Nc1ccc(OCC(F)(F)F)c(C)c1. The number of aliphatic hydroxyl groups is 1. The number of nitrogens with one attached hydrogen (secondary N) is 1. The van der Waals surface area contributed by atoms with Crippen LogP contribution in [0.4, 0.5) is 23.7 Å². The van der Waals surface area contributed by atoms with Gasteiger partial charge in [0.05, 0.1) is 6.61 Å². The number of carbonyl (C=O) groups is 1. The highest BCUT2D eigenvalue weighted by atomic mass is 19.4. The summed E-state index contributed by atoms with van der Waals surface area (Å²) in [6.45, 7) is 2.48. The lowest BCUT2D eigenvalue weighted by Gasteiger charge is -2.20. The third-order valence-corrected chi connectivity index (χ3v) is 2.86. The quantitative estimate of drug-likeness (QED) is 0.847. The van der Waals surface area contributed by atoms with E-state index in [9.17, 15) is 18.0 Å². The number of hydrogen-bond donors (Lipinski definition) is 2. The van der Waals surface area contributed by atoms with Gasteiger partial charge in [-0.3, -0.25) is 0 Å². The van der Waals surface area contributed by atoms with Crippen molar-refractivity contribution >= 4 is 11.7 Å². The van der Waals surface area contributed by atoms with Crippen LogP contribution in [0.1, 0.15) is 12.5 Å². The summed E-state index contributed by atoms with van der Waals surface area (Å²) in [7, 11) is 0. The third-order valence-electron chi connectivity index (χ3n) is 2.86. The zero-order valence-corrected chi connectivity index (χ0v) is 12.4. The fraction of sp³-hybridized carbons (Fsp3) is 0.500. The van der Waals surface area contributed by atoms with Gasteiger partial charge in [0, 0.05) is 18.8 Å². The van der Waals surface area contributed by atoms with E-state index in [0.717, 1.165) is 0 Å². The summed E-state index contributed by atoms with van der Waals surface area (Å²) in [5, 5.41) is 11.5. The minimum atomic E-state index is -4.40. The van der Waals surface area contributed by atoms with Crippen LogP contribution in [0.2, 0.25) is 0 Å². The van der Waals surface area contributed by atoms with Crippen LogP contribution in [0.3, 0.4) is 0 Å². The number of hydrogen-bond acceptors (Lipinski definition) is 3. The van der Waals surface area contributed by atoms with Gasteiger partial charge in [-0.1, -0.05) is 0 Å². The standard InChI is InChI=1S/C14H19F3N2O3/c1-3-19(6-7-20)13(21)18-11-4-5-12(10(2)8-11)22-9-14(15,16)17/h4-5,8,20H,3,6-7,9H2,1-2H3,(H,18,21). The van der Waals surface area contributed by atoms with Crippen LogP contribution in [-0.4, -0.2) is 48.5 Å². The minimum absolute atomic E-state index is 0.109. The highest BCUT2D eigenvalue weighted by Gasteiger charge is 2.28. The Labute approximate surface area is 126 Å². The molecule has 0 aromatic heterocycles. The molecule has 22 heavy (non-hydrogen) atoms. The molecule has 1 aromatic rings. The van der Waals surface area contributed by atoms with E-state index in [1.165, 1.54) is 23.1 Å². The number of benzene rings is 1. The highest BCUT2D eigenvalue weighted by molar-refractivity contribution is 5.89. The molecule has 1 aromatic carbocycles. The van der Waals surface area contributed by atoms with E-state index in [-0.39, 0.29) is 24.9 Å². The van der Waals surface area contributed by atoms with Crippen LogP contribution in [0.25, 0.3) is 0 Å². The summed E-state index contributed by atoms with van der Waals surface area (Å²) in [6, 6.07) is 3.97. The number of carbonyl (C=O) groups excluding carboxylic acids is 1. The number of aryl methyl sites for hydroxylation is 1. The summed E-state index contributed by atoms with van der Waals surface area (Å²) in [5.74, 6) is 0.109. The molecule has 0 saturated carbocycles. The number of nitrogens with zero attached hydrogens (tertiary/aromatic N) is 1. The van der Waals surface area contributed by atoms with Crippen LogP contribution in [0.15, 0.2) is 18.2 Å². The van der Waals surface area contributed by atoms with Crippen LogP contribution < -0.4 is 10.1 Å². The number of amides is 2. The number of urea groups is 1. The maximum Gasteiger partial charge on any atom is 0.422 e. The van der Waals surface area contributed by atoms with Crippen molar-refractivity contribution in [2.24, 2.45) is 0 Å². The Balaban J connectivity index is 2.70. The molecule has 2 N–H and O–H groups in total. The first-order valence-electron chi connectivity index (χ1n) is 6.73. The number of halogens is 3. The first-order valence-corrected chi connectivity index (χ1v) is 6.73. The zero-order valence-electron chi connectivity index (χ0n) is 12.4. The molecule has 0 aliphatic rings. The van der Waals surface area contributed by atoms with E-state index in [1.54, 1.807) is 13.8 Å². The average molecular weight is 320 g/mol. The minimum Gasteiger partial charge on any atom is -0.484 e. The topological polar surface area (TPSA) is 61.8 Å². The number of likely N-dealkylation sites (N-methyl/N-ethyl adjacent to an activating group) is 1. The second kappa shape index (κ2) is 7.88. The van der Waals surface area contributed by atoms with E-state index in [2.05, 4.69) is 10.1 Å². The second-order valence-electron chi connectivity index (χ2n) is 4.62. The van der Waals surface area contributed by atoms with Crippen molar-refractivity contribution < 1.29 is 27.8 Å². The molecule has 0 heterocycles. The predicted molar refractivity (Wildman–Crippen MR) is 76.1 cm³/mol. The van der Waals surface area contributed by atoms with E-state index >= 15 is 0 Å². The summed E-state index contributed by atoms with van der Waals surface area (Å²) in [4.78, 5) is 13.3. The van der Waals surface area contributed by atoms with Gasteiger partial charge in [-0.2, -0.15) is 13.2 Å². The Hall–Kier alpha value is -1.96. The van der Waals surface area contributed by atoms with E-state index in [4.69, 9.17) is 5.11 Å². The lowest BCUT2D eigenvalue weighted by Crippen LogP contribution is -2.36. The second-order valence-corrected chi connectivity index (χ2v) is 4.62. The summed E-state index contributed by atoms with van der Waals surface area (Å²) < 4.78 is 41.0. The number of rotatable bonds is 6. The molecule has 0 unspecified atom stereocenters. The maximum atomic E-state index is 12.1. The summed E-state index contributed by atoms with van der Waals surface area (Å²) in [5.41, 5.74) is 0.922. The number of ether oxygens (including phenoxy) is 1. The smallest absolute Gasteiger partial charge is 0.422 e. The predicted octanol–water partition coefficient (Wildman–Crippen LogP) is 2.78. The number of anilines is 1. The van der Waals surface area contributed by atoms with Crippen molar-refractivity contribution in [2.75, 3.05) is 31.6 Å². The van der Waals surface area contributed by atoms with Crippen molar-refractivity contribution in [1.82, 2.24) is 4.90 Å². The van der Waals surface area contributed by atoms with Crippen molar-refractivity contribution in [3.05, 3.63) is 23.8 Å². The third kappa shape index (κ3) is 5.80. The molecule has 1 rings (SSSR count). The highest BCUT2D eigenvalue weighted by Crippen LogP contribution is 2.24. The fourth-order valence-electron chi connectivity index (χ4n) is 1.78. The molecule has 124 valence electrons. The molecule has 8 heteroatoms. The Bertz CT molecular complexity index is 507. The van der Waals surface area contributed by atoms with Crippen molar-refractivity contribution in [3.8, 4) is 5.75 Å². The van der Waals surface area contributed by atoms with E-state index < -0.39 is 12.8 Å². The van der Waals surface area contributed by atoms with Gasteiger partial charge in [0.1, 0.15) is 5.75 Å². The molecular formula is C14H19F3N2O3. The molecular weight excluding hydrogens is 301 g/mol. The van der Waals surface area contributed by atoms with Crippen molar-refractivity contribution in [2.45, 2.75) is 20.0 Å². The largest absolute Gasteiger partial charge is 0.484 e. The summed E-state index contributed by atoms with van der Waals surface area (Å²) >= 11 is 0. The molecule has 0 bridgehead atoms. The molecule has 0 aliphatic carbocycles. The Kier molecular flexibility index (Phi) is 6.48. The zero-order chi connectivity index (χ0) is 16.8. The van der Waals surface area contributed by atoms with Gasteiger partial charge in [-0.25, -0.2) is 4.79 Å². The number of alkyl halides is 3. The lowest BCUT2D eigenvalue weighted by atomic mass is 10.2. The van der Waals surface area contributed by atoms with Gasteiger partial charge in [0.15, 0.2) is 6.61 Å². The molecule has 0 fully saturated rings. The van der Waals surface area contributed by atoms with Crippen LogP contribution >= 0.6 is 0 Å². The van der Waals surface area contributed by atoms with Gasteiger partial charge >= 0.3 is 12.2 Å². The van der Waals surface area contributed by atoms with Crippen LogP contribution in [-0.2, 0) is 0 Å². The van der Waals surface area contributed by atoms with Crippen molar-refractivity contribution in [3.63, 3.8) is 0 Å². The van der Waals surface area contributed by atoms with E-state index in [1.807, 2.05) is 0 Å². The Morgan fingerprint density at radius 3 is 2.59 bits per heavy atom. The van der Waals surface area contributed by atoms with Crippen LogP contribution in [0.5, 0.6) is 5.75 Å². The normalized spacial score (nSPS) is 11.2. The fourth-order valence-corrected chi connectivity index (χ4v) is 1.78. The molecule has 0 aliphatic heterocycles. The molecule has 2 amide bonds. The first-order chi connectivity index (χ1) is 10.3.